The lowest BCUT2D eigenvalue weighted by atomic mass is 10.0. The second-order valence-corrected chi connectivity index (χ2v) is 28.5. The van der Waals surface area contributed by atoms with Crippen molar-refractivity contribution in [1.29, 1.82) is 0 Å². The van der Waals surface area contributed by atoms with Crippen LogP contribution < -0.4 is 0 Å². The van der Waals surface area contributed by atoms with Crippen molar-refractivity contribution in [3.8, 4) is 0 Å². The maximum atomic E-state index is 12.9. The highest BCUT2D eigenvalue weighted by Gasteiger charge is 2.27. The zero-order valence-corrected chi connectivity index (χ0v) is 60.8. The molecule has 9 nitrogen and oxygen atoms in total. The standard InChI is InChI=1S/C80H146NO8P/c1-6-8-10-12-14-16-18-20-22-24-26-28-30-32-34-36-38-39-40-41-43-45-47-49-51-53-55-57-59-61-63-65-67-69-71-73-80(83)89-78(77-88-90(84,85)87-75-74-81(3,4)5)76-86-79(82)72-70-68-66-64-62-60-58-56-54-52-50-48-46-44-42-37-35-33-31-29-27-25-23-21-19-17-15-13-11-9-7-2/h8,10,14,16,20,22,26,28,32,34,38-39,41,43,78H,6-7,9,11-13,15,17-19,21,23-25,27,29-31,33,35-37,40,42,44-77H2,1-5H3/p+1/b10-8-,16-14-,22-20-,28-26-,34-32-,39-38-,43-41-. The van der Waals surface area contributed by atoms with Gasteiger partial charge in [0.15, 0.2) is 6.10 Å². The molecular formula is C80H147NO8P+. The van der Waals surface area contributed by atoms with Gasteiger partial charge >= 0.3 is 19.8 Å². The first-order valence-corrected chi connectivity index (χ1v) is 39.8. The highest BCUT2D eigenvalue weighted by atomic mass is 31.2. The van der Waals surface area contributed by atoms with Crippen molar-refractivity contribution in [3.05, 3.63) is 85.1 Å². The summed E-state index contributed by atoms with van der Waals surface area (Å²) in [5.41, 5.74) is 0. The number of phosphoric ester groups is 1. The lowest BCUT2D eigenvalue weighted by molar-refractivity contribution is -0.870. The zero-order valence-electron chi connectivity index (χ0n) is 59.9. The minimum atomic E-state index is -4.40. The minimum Gasteiger partial charge on any atom is -0.462 e. The number of quaternary nitrogens is 1. The summed E-state index contributed by atoms with van der Waals surface area (Å²) < 4.78 is 34.8. The Morgan fingerprint density at radius 2 is 0.633 bits per heavy atom. The predicted octanol–water partition coefficient (Wildman–Crippen LogP) is 25.3. The third-order valence-corrected chi connectivity index (χ3v) is 17.9. The number of likely N-dealkylation sites (N-methyl/N-ethyl adjacent to an activating group) is 1. The van der Waals surface area contributed by atoms with Crippen LogP contribution in [-0.4, -0.2) is 74.9 Å². The molecule has 0 spiro atoms. The average Bonchev–Trinajstić information content (AvgIpc) is 3.61. The molecule has 0 aliphatic heterocycles. The fraction of sp³-hybridized carbons (Fsp3) is 0.800. The highest BCUT2D eigenvalue weighted by Crippen LogP contribution is 2.43. The van der Waals surface area contributed by atoms with E-state index in [1.165, 1.54) is 244 Å². The minimum absolute atomic E-state index is 0.0310. The van der Waals surface area contributed by atoms with Crippen molar-refractivity contribution >= 4 is 19.8 Å². The largest absolute Gasteiger partial charge is 0.472 e. The van der Waals surface area contributed by atoms with Gasteiger partial charge < -0.3 is 18.9 Å². The van der Waals surface area contributed by atoms with Gasteiger partial charge in [-0.2, -0.15) is 0 Å². The van der Waals surface area contributed by atoms with Crippen LogP contribution >= 0.6 is 7.82 Å². The molecule has 0 aromatic carbocycles. The molecule has 0 radical (unpaired) electrons. The molecule has 2 atom stereocenters. The number of phosphoric acid groups is 1. The molecule has 0 aromatic heterocycles. The van der Waals surface area contributed by atoms with Crippen molar-refractivity contribution in [2.45, 2.75) is 367 Å². The smallest absolute Gasteiger partial charge is 0.462 e. The Morgan fingerprint density at radius 1 is 0.356 bits per heavy atom. The van der Waals surface area contributed by atoms with Gasteiger partial charge in [-0.3, -0.25) is 18.6 Å². The molecule has 0 saturated heterocycles. The van der Waals surface area contributed by atoms with E-state index in [9.17, 15) is 19.0 Å². The van der Waals surface area contributed by atoms with Crippen molar-refractivity contribution in [1.82, 2.24) is 0 Å². The fourth-order valence-electron chi connectivity index (χ4n) is 11.1. The van der Waals surface area contributed by atoms with Crippen LogP contribution in [-0.2, 0) is 32.7 Å². The number of nitrogens with zero attached hydrogens (tertiary/aromatic N) is 1. The van der Waals surface area contributed by atoms with Crippen LogP contribution in [0.1, 0.15) is 361 Å². The molecular weight excluding hydrogens is 1130 g/mol. The average molecular weight is 1280 g/mol. The topological polar surface area (TPSA) is 108 Å². The second-order valence-electron chi connectivity index (χ2n) is 27.0. The summed E-state index contributed by atoms with van der Waals surface area (Å²) in [5.74, 6) is -0.784. The van der Waals surface area contributed by atoms with Gasteiger partial charge in [-0.25, -0.2) is 4.57 Å². The van der Waals surface area contributed by atoms with Gasteiger partial charge in [-0.15, -0.1) is 0 Å². The molecule has 524 valence electrons. The summed E-state index contributed by atoms with van der Waals surface area (Å²) >= 11 is 0. The lowest BCUT2D eigenvalue weighted by Crippen LogP contribution is -2.37. The normalized spacial score (nSPS) is 13.5. The molecule has 0 heterocycles. The Bertz CT molecular complexity index is 1800. The van der Waals surface area contributed by atoms with Crippen molar-refractivity contribution in [2.24, 2.45) is 0 Å². The van der Waals surface area contributed by atoms with Crippen LogP contribution in [0.5, 0.6) is 0 Å². The SMILES string of the molecule is CC/C=C\C/C=C\C/C=C\C/C=C\C/C=C\C/C=C\C/C=C\CCCCCCCCCCCCCCCC(=O)OC(COC(=O)CCCCCCCCCCCCCCCCCCCCCCCCCCCCCCCCC)COP(=O)(O)OCC[N+](C)(C)C. The van der Waals surface area contributed by atoms with Crippen LogP contribution in [0.2, 0.25) is 0 Å². The number of hydrogen-bond acceptors (Lipinski definition) is 7. The summed E-state index contributed by atoms with van der Waals surface area (Å²) in [6.07, 6.45) is 97.1. The zero-order chi connectivity index (χ0) is 65.5. The molecule has 90 heavy (non-hydrogen) atoms. The molecule has 0 aliphatic rings. The molecule has 0 aliphatic carbocycles. The summed E-state index contributed by atoms with van der Waals surface area (Å²) in [6, 6.07) is 0. The highest BCUT2D eigenvalue weighted by molar-refractivity contribution is 7.47. The number of allylic oxidation sites excluding steroid dienone is 14. The Labute approximate surface area is 558 Å². The molecule has 0 amide bonds. The van der Waals surface area contributed by atoms with Gasteiger partial charge in [-0.05, 0) is 70.6 Å². The Kier molecular flexibility index (Phi) is 68.3. The first kappa shape index (κ1) is 87.2. The Hall–Kier alpha value is -2.81. The van der Waals surface area contributed by atoms with Crippen LogP contribution in [0.25, 0.3) is 0 Å². The fourth-order valence-corrected chi connectivity index (χ4v) is 11.9. The lowest BCUT2D eigenvalue weighted by Gasteiger charge is -2.24. The summed E-state index contributed by atoms with van der Waals surface area (Å²) in [4.78, 5) is 36.0. The van der Waals surface area contributed by atoms with E-state index in [1.54, 1.807) is 0 Å². The van der Waals surface area contributed by atoms with Gasteiger partial charge in [0, 0.05) is 12.8 Å². The van der Waals surface area contributed by atoms with Gasteiger partial charge in [0.05, 0.1) is 27.7 Å². The summed E-state index contributed by atoms with van der Waals surface area (Å²) in [6.45, 7) is 4.38. The molecule has 0 fully saturated rings. The maximum Gasteiger partial charge on any atom is 0.472 e. The number of esters is 2. The predicted molar refractivity (Wildman–Crippen MR) is 390 cm³/mol. The molecule has 10 heteroatoms. The van der Waals surface area contributed by atoms with Gasteiger partial charge in [-0.1, -0.05) is 362 Å². The number of hydrogen-bond donors (Lipinski definition) is 1. The third kappa shape index (κ3) is 74.2. The van der Waals surface area contributed by atoms with Crippen molar-refractivity contribution in [2.75, 3.05) is 47.5 Å². The van der Waals surface area contributed by atoms with Gasteiger partial charge in [0.2, 0.25) is 0 Å². The number of ether oxygens (including phenoxy) is 2. The number of carbonyl (C=O) groups excluding carboxylic acids is 2. The van der Waals surface area contributed by atoms with Gasteiger partial charge in [0.1, 0.15) is 19.8 Å². The van der Waals surface area contributed by atoms with Gasteiger partial charge in [0.25, 0.3) is 0 Å². The van der Waals surface area contributed by atoms with Crippen LogP contribution in [0.3, 0.4) is 0 Å². The van der Waals surface area contributed by atoms with E-state index in [4.69, 9.17) is 18.5 Å². The third-order valence-electron chi connectivity index (χ3n) is 16.9. The molecule has 0 saturated carbocycles. The van der Waals surface area contributed by atoms with Crippen LogP contribution in [0.15, 0.2) is 85.1 Å². The Balaban J connectivity index is 3.99. The van der Waals surface area contributed by atoms with E-state index in [0.29, 0.717) is 23.9 Å². The van der Waals surface area contributed by atoms with Crippen LogP contribution in [0, 0.1) is 0 Å². The van der Waals surface area contributed by atoms with Crippen molar-refractivity contribution < 1.29 is 42.1 Å². The van der Waals surface area contributed by atoms with E-state index in [-0.39, 0.29) is 25.6 Å². The number of rotatable bonds is 71. The van der Waals surface area contributed by atoms with E-state index >= 15 is 0 Å². The molecule has 1 N–H and O–H groups in total. The number of carbonyl (C=O) groups is 2. The quantitative estimate of drug-likeness (QED) is 0.0211. The van der Waals surface area contributed by atoms with Crippen LogP contribution in [0.4, 0.5) is 0 Å². The molecule has 0 aromatic rings. The van der Waals surface area contributed by atoms with E-state index in [1.807, 2.05) is 21.1 Å². The van der Waals surface area contributed by atoms with Crippen molar-refractivity contribution in [3.63, 3.8) is 0 Å². The summed E-state index contributed by atoms with van der Waals surface area (Å²) in [5, 5.41) is 0. The second kappa shape index (κ2) is 70.5. The Morgan fingerprint density at radius 3 is 0.944 bits per heavy atom. The van der Waals surface area contributed by atoms with E-state index in [0.717, 1.165) is 83.5 Å². The maximum absolute atomic E-state index is 12.9. The molecule has 2 unspecified atom stereocenters. The first-order chi connectivity index (χ1) is 44.0. The molecule has 0 bridgehead atoms. The van der Waals surface area contributed by atoms with E-state index < -0.39 is 26.5 Å². The number of unbranched alkanes of at least 4 members (excludes halogenated alkanes) is 43. The van der Waals surface area contributed by atoms with E-state index in [2.05, 4.69) is 98.9 Å². The first-order valence-electron chi connectivity index (χ1n) is 38.3. The summed E-state index contributed by atoms with van der Waals surface area (Å²) in [7, 11) is 1.49. The molecule has 0 rings (SSSR count). The monoisotopic (exact) mass is 1280 g/mol.